The zero-order valence-corrected chi connectivity index (χ0v) is 11.4. The molecule has 1 N–H and O–H groups in total. The molecule has 0 aromatic heterocycles. The Bertz CT molecular complexity index is 570. The first kappa shape index (κ1) is 13.2. The highest BCUT2D eigenvalue weighted by Crippen LogP contribution is 2.32. The van der Waals surface area contributed by atoms with E-state index in [-0.39, 0.29) is 10.0 Å². The highest BCUT2D eigenvalue weighted by molar-refractivity contribution is 9.10. The molecule has 0 atom stereocenters. The van der Waals surface area contributed by atoms with Crippen molar-refractivity contribution in [2.24, 2.45) is 0 Å². The van der Waals surface area contributed by atoms with Crippen LogP contribution >= 0.6 is 15.9 Å². The van der Waals surface area contributed by atoms with Crippen LogP contribution in [0.3, 0.4) is 0 Å². The normalized spacial score (nSPS) is 10.7. The lowest BCUT2D eigenvalue weighted by Gasteiger charge is -2.12. The molecule has 0 fully saturated rings. The van der Waals surface area contributed by atoms with Crippen LogP contribution in [0.25, 0.3) is 11.1 Å². The summed E-state index contributed by atoms with van der Waals surface area (Å²) in [6, 6.07) is 9.83. The average Bonchev–Trinajstić information content (AvgIpc) is 2.37. The van der Waals surface area contributed by atoms with Gasteiger partial charge >= 0.3 is 0 Å². The summed E-state index contributed by atoms with van der Waals surface area (Å²) in [7, 11) is 1.80. The molecule has 0 saturated carbocycles. The smallest absolute Gasteiger partial charge is 0.148 e. The molecular weight excluding hydrogens is 300 g/mol. The number of benzene rings is 2. The Morgan fingerprint density at radius 1 is 1.11 bits per heavy atom. The minimum Gasteiger partial charge on any atom is -0.316 e. The van der Waals surface area contributed by atoms with Gasteiger partial charge in [-0.1, -0.05) is 24.3 Å². The lowest BCUT2D eigenvalue weighted by molar-refractivity contribution is 0.585. The third-order valence-electron chi connectivity index (χ3n) is 2.70. The van der Waals surface area contributed by atoms with Gasteiger partial charge in [-0.2, -0.15) is 0 Å². The summed E-state index contributed by atoms with van der Waals surface area (Å²) < 4.78 is 28.2. The molecule has 0 aliphatic heterocycles. The Morgan fingerprint density at radius 2 is 1.83 bits per heavy atom. The quantitative estimate of drug-likeness (QED) is 0.841. The van der Waals surface area contributed by atoms with Crippen LogP contribution < -0.4 is 5.32 Å². The summed E-state index contributed by atoms with van der Waals surface area (Å²) in [5, 5.41) is 2.99. The molecule has 2 aromatic carbocycles. The molecule has 94 valence electrons. The Hall–Kier alpha value is -1.26. The van der Waals surface area contributed by atoms with Crippen molar-refractivity contribution in [3.63, 3.8) is 0 Å². The van der Waals surface area contributed by atoms with Crippen molar-refractivity contribution in [2.75, 3.05) is 7.05 Å². The molecule has 0 amide bonds. The van der Waals surface area contributed by atoms with Gasteiger partial charge in [-0.25, -0.2) is 8.78 Å². The van der Waals surface area contributed by atoms with E-state index in [1.54, 1.807) is 19.2 Å². The van der Waals surface area contributed by atoms with Crippen molar-refractivity contribution < 1.29 is 8.78 Å². The van der Waals surface area contributed by atoms with E-state index in [0.717, 1.165) is 5.56 Å². The summed E-state index contributed by atoms with van der Waals surface area (Å²) in [5.74, 6) is -1.13. The summed E-state index contributed by atoms with van der Waals surface area (Å²) in [6.07, 6.45) is 0. The van der Waals surface area contributed by atoms with E-state index in [2.05, 4.69) is 21.2 Å². The lowest BCUT2D eigenvalue weighted by atomic mass is 9.98. The first-order valence-electron chi connectivity index (χ1n) is 5.51. The van der Waals surface area contributed by atoms with Crippen molar-refractivity contribution >= 4 is 15.9 Å². The molecule has 0 aliphatic rings. The Labute approximate surface area is 113 Å². The van der Waals surface area contributed by atoms with E-state index in [1.165, 1.54) is 12.1 Å². The van der Waals surface area contributed by atoms with Gasteiger partial charge in [0.2, 0.25) is 0 Å². The van der Waals surface area contributed by atoms with Crippen LogP contribution in [0.5, 0.6) is 0 Å². The van der Waals surface area contributed by atoms with E-state index >= 15 is 0 Å². The van der Waals surface area contributed by atoms with Gasteiger partial charge in [-0.15, -0.1) is 0 Å². The predicted octanol–water partition coefficient (Wildman–Crippen LogP) is 4.11. The fourth-order valence-electron chi connectivity index (χ4n) is 1.88. The summed E-state index contributed by atoms with van der Waals surface area (Å²) in [5.41, 5.74) is 1.44. The van der Waals surface area contributed by atoms with Crippen LogP contribution in [0.2, 0.25) is 0 Å². The van der Waals surface area contributed by atoms with Crippen molar-refractivity contribution in [3.05, 3.63) is 58.1 Å². The number of hydrogen-bond donors (Lipinski definition) is 1. The zero-order chi connectivity index (χ0) is 13.1. The van der Waals surface area contributed by atoms with Gasteiger partial charge in [0.25, 0.3) is 0 Å². The largest absolute Gasteiger partial charge is 0.316 e. The van der Waals surface area contributed by atoms with Gasteiger partial charge in [0.1, 0.15) is 11.6 Å². The van der Waals surface area contributed by atoms with Gasteiger partial charge in [0, 0.05) is 6.54 Å². The predicted molar refractivity (Wildman–Crippen MR) is 72.3 cm³/mol. The number of rotatable bonds is 3. The van der Waals surface area contributed by atoms with Gasteiger partial charge < -0.3 is 5.32 Å². The van der Waals surface area contributed by atoms with Crippen LogP contribution in [0, 0.1) is 11.6 Å². The minimum absolute atomic E-state index is 0.00947. The summed E-state index contributed by atoms with van der Waals surface area (Å²) >= 11 is 3.08. The van der Waals surface area contributed by atoms with Gasteiger partial charge in [-0.05, 0) is 46.2 Å². The molecule has 0 heterocycles. The maximum atomic E-state index is 14.1. The molecule has 4 heteroatoms. The van der Waals surface area contributed by atoms with Crippen LogP contribution in [0.4, 0.5) is 8.78 Å². The van der Waals surface area contributed by atoms with Gasteiger partial charge in [-0.3, -0.25) is 0 Å². The number of nitrogens with one attached hydrogen (secondary N) is 1. The summed E-state index contributed by atoms with van der Waals surface area (Å²) in [4.78, 5) is 0. The lowest BCUT2D eigenvalue weighted by Crippen LogP contribution is -2.07. The average molecular weight is 312 g/mol. The van der Waals surface area contributed by atoms with E-state index in [1.807, 2.05) is 12.1 Å². The van der Waals surface area contributed by atoms with Crippen molar-refractivity contribution in [3.8, 4) is 11.1 Å². The van der Waals surface area contributed by atoms with E-state index in [4.69, 9.17) is 0 Å². The number of hydrogen-bond acceptors (Lipinski definition) is 1. The second-order valence-electron chi connectivity index (χ2n) is 3.91. The molecule has 0 spiro atoms. The second-order valence-corrected chi connectivity index (χ2v) is 4.76. The third-order valence-corrected chi connectivity index (χ3v) is 3.31. The first-order valence-corrected chi connectivity index (χ1v) is 6.31. The molecule has 0 unspecified atom stereocenters. The molecular formula is C14H12BrF2N. The first-order chi connectivity index (χ1) is 8.65. The Balaban J connectivity index is 2.65. The summed E-state index contributed by atoms with van der Waals surface area (Å²) in [6.45, 7) is 0.557. The zero-order valence-electron chi connectivity index (χ0n) is 9.81. The minimum atomic E-state index is -0.571. The van der Waals surface area contributed by atoms with Crippen molar-refractivity contribution in [1.82, 2.24) is 5.32 Å². The van der Waals surface area contributed by atoms with Crippen molar-refractivity contribution in [1.29, 1.82) is 0 Å². The maximum Gasteiger partial charge on any atom is 0.148 e. The Morgan fingerprint density at radius 3 is 2.56 bits per heavy atom. The highest BCUT2D eigenvalue weighted by Gasteiger charge is 2.16. The molecule has 18 heavy (non-hydrogen) atoms. The molecule has 2 rings (SSSR count). The van der Waals surface area contributed by atoms with E-state index in [0.29, 0.717) is 12.1 Å². The third kappa shape index (κ3) is 2.44. The van der Waals surface area contributed by atoms with Crippen LogP contribution in [0.15, 0.2) is 40.9 Å². The molecule has 0 saturated heterocycles. The maximum absolute atomic E-state index is 14.1. The van der Waals surface area contributed by atoms with Gasteiger partial charge in [0.15, 0.2) is 0 Å². The van der Waals surface area contributed by atoms with E-state index in [9.17, 15) is 8.78 Å². The standard InChI is InChI=1S/C14H12BrF2N/c1-18-8-9-4-2-3-5-10(9)13-12(16)7-6-11(15)14(13)17/h2-7,18H,8H2,1H3. The van der Waals surface area contributed by atoms with Crippen molar-refractivity contribution in [2.45, 2.75) is 6.54 Å². The van der Waals surface area contributed by atoms with Crippen LogP contribution in [-0.2, 0) is 6.54 Å². The molecule has 0 radical (unpaired) electrons. The number of halogens is 3. The monoisotopic (exact) mass is 311 g/mol. The fraction of sp³-hybridized carbons (Fsp3) is 0.143. The molecule has 2 aromatic rings. The van der Waals surface area contributed by atoms with E-state index < -0.39 is 11.6 Å². The SMILES string of the molecule is CNCc1ccccc1-c1c(F)ccc(Br)c1F. The fourth-order valence-corrected chi connectivity index (χ4v) is 2.21. The topological polar surface area (TPSA) is 12.0 Å². The Kier molecular flexibility index (Phi) is 4.09. The second kappa shape index (κ2) is 5.59. The molecule has 1 nitrogen and oxygen atoms in total. The molecule has 0 bridgehead atoms. The molecule has 0 aliphatic carbocycles. The van der Waals surface area contributed by atoms with Gasteiger partial charge in [0.05, 0.1) is 10.0 Å². The highest BCUT2D eigenvalue weighted by atomic mass is 79.9. The van der Waals surface area contributed by atoms with Crippen LogP contribution in [0.1, 0.15) is 5.56 Å². The van der Waals surface area contributed by atoms with Crippen LogP contribution in [-0.4, -0.2) is 7.05 Å².